The molecule has 0 aromatic heterocycles. The van der Waals surface area contributed by atoms with E-state index >= 15 is 0 Å². The Balaban J connectivity index is 2.21. The molecule has 2 aromatic carbocycles. The molecule has 3 nitrogen and oxygen atoms in total. The van der Waals surface area contributed by atoms with Gasteiger partial charge in [-0.25, -0.2) is 0 Å². The summed E-state index contributed by atoms with van der Waals surface area (Å²) in [6, 6.07) is 13.1. The van der Waals surface area contributed by atoms with Crippen molar-refractivity contribution in [1.29, 1.82) is 0 Å². The number of benzene rings is 2. The van der Waals surface area contributed by atoms with E-state index in [0.29, 0.717) is 28.9 Å². The molecule has 0 unspecified atom stereocenters. The molecule has 0 spiro atoms. The van der Waals surface area contributed by atoms with Gasteiger partial charge in [-0.1, -0.05) is 35.9 Å². The molecule has 4 heteroatoms. The second kappa shape index (κ2) is 6.34. The fourth-order valence-electron chi connectivity index (χ4n) is 1.72. The topological polar surface area (TPSA) is 27.7 Å². The third-order valence-electron chi connectivity index (χ3n) is 2.71. The van der Waals surface area contributed by atoms with E-state index in [0.717, 1.165) is 5.56 Å². The third kappa shape index (κ3) is 3.12. The van der Waals surface area contributed by atoms with E-state index < -0.39 is 0 Å². The molecule has 0 N–H and O–H groups in total. The van der Waals surface area contributed by atoms with E-state index in [9.17, 15) is 0 Å². The second-order valence-electron chi connectivity index (χ2n) is 3.87. The van der Waals surface area contributed by atoms with Gasteiger partial charge in [-0.15, -0.1) is 0 Å². The van der Waals surface area contributed by atoms with Crippen LogP contribution in [0, 0.1) is 0 Å². The van der Waals surface area contributed by atoms with Crippen LogP contribution in [0.25, 0.3) is 0 Å². The van der Waals surface area contributed by atoms with Gasteiger partial charge in [-0.2, -0.15) is 0 Å². The van der Waals surface area contributed by atoms with Crippen LogP contribution in [0.1, 0.15) is 5.56 Å². The SMILES string of the molecule is COc1cccc(OC)c1OCc1ccccc1Cl. The van der Waals surface area contributed by atoms with E-state index in [1.165, 1.54) is 0 Å². The lowest BCUT2D eigenvalue weighted by atomic mass is 10.2. The Hall–Kier alpha value is -1.87. The van der Waals surface area contributed by atoms with E-state index in [-0.39, 0.29) is 0 Å². The Labute approximate surface area is 117 Å². The van der Waals surface area contributed by atoms with Crippen molar-refractivity contribution in [3.05, 3.63) is 53.1 Å². The maximum atomic E-state index is 6.10. The smallest absolute Gasteiger partial charge is 0.203 e. The van der Waals surface area contributed by atoms with Gasteiger partial charge < -0.3 is 14.2 Å². The molecular formula is C15H15ClO3. The molecule has 0 atom stereocenters. The summed E-state index contributed by atoms with van der Waals surface area (Å²) in [7, 11) is 3.19. The molecule has 0 aliphatic rings. The molecule has 2 aromatic rings. The highest BCUT2D eigenvalue weighted by atomic mass is 35.5. The van der Waals surface area contributed by atoms with Crippen molar-refractivity contribution >= 4 is 11.6 Å². The van der Waals surface area contributed by atoms with Crippen molar-refractivity contribution in [2.24, 2.45) is 0 Å². The largest absolute Gasteiger partial charge is 0.493 e. The first-order valence-corrected chi connectivity index (χ1v) is 6.21. The lowest BCUT2D eigenvalue weighted by molar-refractivity contribution is 0.266. The third-order valence-corrected chi connectivity index (χ3v) is 3.08. The summed E-state index contributed by atoms with van der Waals surface area (Å²) in [6.45, 7) is 0.358. The van der Waals surface area contributed by atoms with Gasteiger partial charge in [0, 0.05) is 10.6 Å². The monoisotopic (exact) mass is 278 g/mol. The number of hydrogen-bond donors (Lipinski definition) is 0. The van der Waals surface area contributed by atoms with E-state index in [1.807, 2.05) is 42.5 Å². The lowest BCUT2D eigenvalue weighted by Gasteiger charge is -2.14. The van der Waals surface area contributed by atoms with Crippen molar-refractivity contribution in [1.82, 2.24) is 0 Å². The zero-order valence-corrected chi connectivity index (χ0v) is 11.6. The van der Waals surface area contributed by atoms with E-state index in [1.54, 1.807) is 14.2 Å². The molecule has 0 bridgehead atoms. The first kappa shape index (κ1) is 13.6. The quantitative estimate of drug-likeness (QED) is 0.829. The van der Waals surface area contributed by atoms with Crippen LogP contribution in [-0.2, 0) is 6.61 Å². The van der Waals surface area contributed by atoms with Crippen LogP contribution in [0.5, 0.6) is 17.2 Å². The number of para-hydroxylation sites is 1. The zero-order valence-electron chi connectivity index (χ0n) is 10.9. The van der Waals surface area contributed by atoms with E-state index in [2.05, 4.69) is 0 Å². The van der Waals surface area contributed by atoms with Gasteiger partial charge in [0.05, 0.1) is 14.2 Å². The van der Waals surface area contributed by atoms with Crippen molar-refractivity contribution in [3.63, 3.8) is 0 Å². The molecular weight excluding hydrogens is 264 g/mol. The normalized spacial score (nSPS) is 10.1. The Bertz CT molecular complexity index is 533. The number of ether oxygens (including phenoxy) is 3. The highest BCUT2D eigenvalue weighted by molar-refractivity contribution is 6.31. The Kier molecular flexibility index (Phi) is 4.53. The van der Waals surface area contributed by atoms with Gasteiger partial charge in [-0.05, 0) is 18.2 Å². The fraction of sp³-hybridized carbons (Fsp3) is 0.200. The summed E-state index contributed by atoms with van der Waals surface area (Å²) < 4.78 is 16.3. The van der Waals surface area contributed by atoms with Gasteiger partial charge in [0.25, 0.3) is 0 Å². The molecule has 0 amide bonds. The summed E-state index contributed by atoms with van der Waals surface area (Å²) >= 11 is 6.10. The Morgan fingerprint density at radius 1 is 0.895 bits per heavy atom. The number of hydrogen-bond acceptors (Lipinski definition) is 3. The van der Waals surface area contributed by atoms with Crippen LogP contribution in [0.4, 0.5) is 0 Å². The van der Waals surface area contributed by atoms with Gasteiger partial charge in [0.1, 0.15) is 6.61 Å². The number of halogens is 1. The first-order chi connectivity index (χ1) is 9.26. The van der Waals surface area contributed by atoms with Crippen molar-refractivity contribution in [3.8, 4) is 17.2 Å². The average molecular weight is 279 g/mol. The van der Waals surface area contributed by atoms with Crippen LogP contribution < -0.4 is 14.2 Å². The molecule has 0 radical (unpaired) electrons. The van der Waals surface area contributed by atoms with Crippen molar-refractivity contribution in [2.45, 2.75) is 6.61 Å². The molecule has 0 aliphatic heterocycles. The first-order valence-electron chi connectivity index (χ1n) is 5.83. The Morgan fingerprint density at radius 3 is 2.11 bits per heavy atom. The van der Waals surface area contributed by atoms with Crippen molar-refractivity contribution < 1.29 is 14.2 Å². The molecule has 0 heterocycles. The molecule has 0 aliphatic carbocycles. The van der Waals surface area contributed by atoms with Crippen LogP contribution >= 0.6 is 11.6 Å². The fourth-order valence-corrected chi connectivity index (χ4v) is 1.92. The second-order valence-corrected chi connectivity index (χ2v) is 4.28. The van der Waals surface area contributed by atoms with Gasteiger partial charge in [0.2, 0.25) is 5.75 Å². The standard InChI is InChI=1S/C15H15ClO3/c1-17-13-8-5-9-14(18-2)15(13)19-10-11-6-3-4-7-12(11)16/h3-9H,10H2,1-2H3. The van der Waals surface area contributed by atoms with Crippen molar-refractivity contribution in [2.75, 3.05) is 14.2 Å². The minimum Gasteiger partial charge on any atom is -0.493 e. The van der Waals surface area contributed by atoms with Gasteiger partial charge >= 0.3 is 0 Å². The summed E-state index contributed by atoms with van der Waals surface area (Å²) in [5, 5.41) is 0.677. The molecule has 0 saturated carbocycles. The summed E-state index contributed by atoms with van der Waals surface area (Å²) in [5.41, 5.74) is 0.914. The summed E-state index contributed by atoms with van der Waals surface area (Å²) in [6.07, 6.45) is 0. The molecule has 0 fully saturated rings. The van der Waals surface area contributed by atoms with Crippen LogP contribution in [0.3, 0.4) is 0 Å². The highest BCUT2D eigenvalue weighted by Gasteiger charge is 2.11. The van der Waals surface area contributed by atoms with Gasteiger partial charge in [0.15, 0.2) is 11.5 Å². The highest BCUT2D eigenvalue weighted by Crippen LogP contribution is 2.37. The van der Waals surface area contributed by atoms with E-state index in [4.69, 9.17) is 25.8 Å². The van der Waals surface area contributed by atoms with Crippen LogP contribution in [-0.4, -0.2) is 14.2 Å². The minimum atomic E-state index is 0.358. The average Bonchev–Trinajstić information content (AvgIpc) is 2.46. The van der Waals surface area contributed by atoms with Crippen LogP contribution in [0.2, 0.25) is 5.02 Å². The number of methoxy groups -OCH3 is 2. The molecule has 2 rings (SSSR count). The van der Waals surface area contributed by atoms with Gasteiger partial charge in [-0.3, -0.25) is 0 Å². The summed E-state index contributed by atoms with van der Waals surface area (Å²) in [5.74, 6) is 1.84. The zero-order chi connectivity index (χ0) is 13.7. The molecule has 100 valence electrons. The predicted molar refractivity (Wildman–Crippen MR) is 75.3 cm³/mol. The molecule has 19 heavy (non-hydrogen) atoms. The minimum absolute atomic E-state index is 0.358. The Morgan fingerprint density at radius 2 is 1.53 bits per heavy atom. The summed E-state index contributed by atoms with van der Waals surface area (Å²) in [4.78, 5) is 0. The van der Waals surface area contributed by atoms with Crippen LogP contribution in [0.15, 0.2) is 42.5 Å². The number of rotatable bonds is 5. The maximum Gasteiger partial charge on any atom is 0.203 e. The predicted octanol–water partition coefficient (Wildman–Crippen LogP) is 3.94. The molecule has 0 saturated heterocycles. The maximum absolute atomic E-state index is 6.10. The lowest BCUT2D eigenvalue weighted by Crippen LogP contribution is -2.00.